The van der Waals surface area contributed by atoms with Gasteiger partial charge in [-0.25, -0.2) is 4.39 Å². The number of aromatic nitrogens is 1. The molecule has 110 valence electrons. The van der Waals surface area contributed by atoms with E-state index in [0.717, 1.165) is 12.3 Å². The van der Waals surface area contributed by atoms with Crippen LogP contribution in [0.3, 0.4) is 0 Å². The first-order valence-corrected chi connectivity index (χ1v) is 6.31. The molecule has 1 aromatic heterocycles. The molecular weight excluding hydrogens is 275 g/mol. The van der Waals surface area contributed by atoms with Gasteiger partial charge in [-0.15, -0.1) is 0 Å². The van der Waals surface area contributed by atoms with Crippen molar-refractivity contribution >= 4 is 5.91 Å². The summed E-state index contributed by atoms with van der Waals surface area (Å²) in [5, 5.41) is 12.5. The standard InChI is InChI=1S/C15H15FN2O3/c1-21-13-4-2-10(3-5-13)14(19)9-18-15(20)11-6-12(16)8-17-7-11/h2-8,14,19H,9H2,1H3,(H,18,20). The first-order chi connectivity index (χ1) is 10.1. The number of rotatable bonds is 5. The van der Waals surface area contributed by atoms with Crippen molar-refractivity contribution < 1.29 is 19.0 Å². The number of carbonyl (C=O) groups excluding carboxylic acids is 1. The van der Waals surface area contributed by atoms with Gasteiger partial charge in [-0.3, -0.25) is 9.78 Å². The van der Waals surface area contributed by atoms with Gasteiger partial charge in [0.05, 0.1) is 25.0 Å². The number of halogens is 1. The first-order valence-electron chi connectivity index (χ1n) is 6.31. The molecule has 2 aromatic rings. The SMILES string of the molecule is COc1ccc(C(O)CNC(=O)c2cncc(F)c2)cc1. The lowest BCUT2D eigenvalue weighted by Crippen LogP contribution is -2.28. The monoisotopic (exact) mass is 290 g/mol. The van der Waals surface area contributed by atoms with E-state index >= 15 is 0 Å². The summed E-state index contributed by atoms with van der Waals surface area (Å²) in [6, 6.07) is 7.94. The lowest BCUT2D eigenvalue weighted by atomic mass is 10.1. The van der Waals surface area contributed by atoms with E-state index in [4.69, 9.17) is 4.74 Å². The number of aliphatic hydroxyl groups is 1. The molecule has 1 amide bonds. The molecule has 1 unspecified atom stereocenters. The fourth-order valence-corrected chi connectivity index (χ4v) is 1.77. The number of hydrogen-bond acceptors (Lipinski definition) is 4. The summed E-state index contributed by atoms with van der Waals surface area (Å²) in [7, 11) is 1.55. The Labute approximate surface area is 121 Å². The average molecular weight is 290 g/mol. The molecule has 0 fully saturated rings. The molecule has 0 aliphatic heterocycles. The van der Waals surface area contributed by atoms with Crippen LogP contribution in [0.1, 0.15) is 22.0 Å². The van der Waals surface area contributed by atoms with E-state index in [1.165, 1.54) is 6.20 Å². The van der Waals surface area contributed by atoms with Crippen LogP contribution in [-0.2, 0) is 0 Å². The minimum absolute atomic E-state index is 0.0156. The predicted molar refractivity (Wildman–Crippen MR) is 74.5 cm³/mol. The first kappa shape index (κ1) is 14.9. The van der Waals surface area contributed by atoms with Crippen molar-refractivity contribution in [2.75, 3.05) is 13.7 Å². The van der Waals surface area contributed by atoms with Gasteiger partial charge in [0.15, 0.2) is 0 Å². The largest absolute Gasteiger partial charge is 0.497 e. The molecule has 0 aliphatic rings. The van der Waals surface area contributed by atoms with Crippen molar-refractivity contribution in [3.63, 3.8) is 0 Å². The minimum Gasteiger partial charge on any atom is -0.497 e. The molecule has 0 spiro atoms. The molecule has 0 aliphatic carbocycles. The second kappa shape index (κ2) is 6.81. The molecule has 1 heterocycles. The van der Waals surface area contributed by atoms with Crippen LogP contribution in [0, 0.1) is 5.82 Å². The van der Waals surface area contributed by atoms with Crippen molar-refractivity contribution in [1.29, 1.82) is 0 Å². The highest BCUT2D eigenvalue weighted by Crippen LogP contribution is 2.17. The Morgan fingerprint density at radius 1 is 1.38 bits per heavy atom. The molecule has 0 saturated heterocycles. The van der Waals surface area contributed by atoms with Crippen LogP contribution >= 0.6 is 0 Å². The van der Waals surface area contributed by atoms with Crippen LogP contribution in [0.25, 0.3) is 0 Å². The van der Waals surface area contributed by atoms with E-state index in [-0.39, 0.29) is 12.1 Å². The van der Waals surface area contributed by atoms with Crippen molar-refractivity contribution in [3.8, 4) is 5.75 Å². The molecule has 1 aromatic carbocycles. The molecule has 2 rings (SSSR count). The van der Waals surface area contributed by atoms with E-state index in [1.807, 2.05) is 0 Å². The number of hydrogen-bond donors (Lipinski definition) is 2. The average Bonchev–Trinajstić information content (AvgIpc) is 2.52. The number of ether oxygens (including phenoxy) is 1. The Hall–Kier alpha value is -2.47. The predicted octanol–water partition coefficient (Wildman–Crippen LogP) is 1.69. The van der Waals surface area contributed by atoms with E-state index in [1.54, 1.807) is 31.4 Å². The quantitative estimate of drug-likeness (QED) is 0.879. The zero-order valence-corrected chi connectivity index (χ0v) is 11.4. The van der Waals surface area contributed by atoms with E-state index in [9.17, 15) is 14.3 Å². The van der Waals surface area contributed by atoms with E-state index in [2.05, 4.69) is 10.3 Å². The van der Waals surface area contributed by atoms with Crippen molar-refractivity contribution in [1.82, 2.24) is 10.3 Å². The zero-order valence-electron chi connectivity index (χ0n) is 11.4. The Morgan fingerprint density at radius 2 is 2.10 bits per heavy atom. The second-order valence-corrected chi connectivity index (χ2v) is 4.39. The Morgan fingerprint density at radius 3 is 2.71 bits per heavy atom. The topological polar surface area (TPSA) is 71.5 Å². The summed E-state index contributed by atoms with van der Waals surface area (Å²) in [5.74, 6) is -0.395. The molecular formula is C15H15FN2O3. The summed E-state index contributed by atoms with van der Waals surface area (Å²) in [4.78, 5) is 15.4. The maximum atomic E-state index is 13.0. The Balaban J connectivity index is 1.93. The molecule has 2 N–H and O–H groups in total. The molecule has 6 heteroatoms. The van der Waals surface area contributed by atoms with Crippen LogP contribution < -0.4 is 10.1 Å². The van der Waals surface area contributed by atoms with Crippen LogP contribution in [-0.4, -0.2) is 29.7 Å². The number of carbonyl (C=O) groups is 1. The molecule has 0 radical (unpaired) electrons. The van der Waals surface area contributed by atoms with Crippen LogP contribution in [0.15, 0.2) is 42.7 Å². The number of amides is 1. The molecule has 0 bridgehead atoms. The van der Waals surface area contributed by atoms with Gasteiger partial charge in [0.2, 0.25) is 0 Å². The van der Waals surface area contributed by atoms with Gasteiger partial charge >= 0.3 is 0 Å². The summed E-state index contributed by atoms with van der Waals surface area (Å²) in [6.07, 6.45) is 1.42. The second-order valence-electron chi connectivity index (χ2n) is 4.39. The van der Waals surface area contributed by atoms with Gasteiger partial charge in [0.25, 0.3) is 5.91 Å². The highest BCUT2D eigenvalue weighted by Gasteiger charge is 2.11. The number of benzene rings is 1. The van der Waals surface area contributed by atoms with Gasteiger partial charge in [-0.2, -0.15) is 0 Å². The van der Waals surface area contributed by atoms with E-state index in [0.29, 0.717) is 11.3 Å². The van der Waals surface area contributed by atoms with Crippen molar-refractivity contribution in [2.45, 2.75) is 6.10 Å². The molecule has 1 atom stereocenters. The highest BCUT2D eigenvalue weighted by molar-refractivity contribution is 5.93. The smallest absolute Gasteiger partial charge is 0.253 e. The number of nitrogens with one attached hydrogen (secondary N) is 1. The maximum absolute atomic E-state index is 13.0. The molecule has 5 nitrogen and oxygen atoms in total. The van der Waals surface area contributed by atoms with Gasteiger partial charge in [-0.05, 0) is 23.8 Å². The highest BCUT2D eigenvalue weighted by atomic mass is 19.1. The summed E-state index contributed by atoms with van der Waals surface area (Å²) in [6.45, 7) is 0.0156. The summed E-state index contributed by atoms with van der Waals surface area (Å²) < 4.78 is 18.0. The van der Waals surface area contributed by atoms with Crippen molar-refractivity contribution in [2.24, 2.45) is 0 Å². The van der Waals surface area contributed by atoms with Gasteiger partial charge in [0, 0.05) is 12.7 Å². The third-order valence-corrected chi connectivity index (χ3v) is 2.92. The van der Waals surface area contributed by atoms with Crippen LogP contribution in [0.4, 0.5) is 4.39 Å². The number of aliphatic hydroxyl groups excluding tert-OH is 1. The Kier molecular flexibility index (Phi) is 4.84. The minimum atomic E-state index is -0.860. The third-order valence-electron chi connectivity index (χ3n) is 2.92. The van der Waals surface area contributed by atoms with Gasteiger partial charge < -0.3 is 15.2 Å². The zero-order chi connectivity index (χ0) is 15.2. The van der Waals surface area contributed by atoms with Crippen molar-refractivity contribution in [3.05, 3.63) is 59.7 Å². The Bertz CT molecular complexity index is 617. The summed E-state index contributed by atoms with van der Waals surface area (Å²) in [5.41, 5.74) is 0.755. The molecule has 21 heavy (non-hydrogen) atoms. The molecule has 0 saturated carbocycles. The van der Waals surface area contributed by atoms with Gasteiger partial charge in [-0.1, -0.05) is 12.1 Å². The van der Waals surface area contributed by atoms with Crippen LogP contribution in [0.2, 0.25) is 0 Å². The lowest BCUT2D eigenvalue weighted by molar-refractivity contribution is 0.0915. The normalized spacial score (nSPS) is 11.8. The maximum Gasteiger partial charge on any atom is 0.253 e. The number of pyridine rings is 1. The lowest BCUT2D eigenvalue weighted by Gasteiger charge is -2.12. The summed E-state index contributed by atoms with van der Waals surface area (Å²) >= 11 is 0. The third kappa shape index (κ3) is 4.00. The number of methoxy groups -OCH3 is 1. The van der Waals surface area contributed by atoms with Gasteiger partial charge in [0.1, 0.15) is 11.6 Å². The van der Waals surface area contributed by atoms with E-state index < -0.39 is 17.8 Å². The fraction of sp³-hybridized carbons (Fsp3) is 0.200. The van der Waals surface area contributed by atoms with Crippen LogP contribution in [0.5, 0.6) is 5.75 Å². The fourth-order valence-electron chi connectivity index (χ4n) is 1.77. The number of nitrogens with zero attached hydrogens (tertiary/aromatic N) is 1.